The normalized spacial score (nSPS) is 12.8. The van der Waals surface area contributed by atoms with Gasteiger partial charge < -0.3 is 4.74 Å². The van der Waals surface area contributed by atoms with Crippen LogP contribution in [0.25, 0.3) is 0 Å². The molecule has 0 saturated carbocycles. The van der Waals surface area contributed by atoms with Crippen LogP contribution in [0.1, 0.15) is 69.1 Å². The molecule has 0 aliphatic rings. The van der Waals surface area contributed by atoms with Crippen molar-refractivity contribution in [2.45, 2.75) is 66.2 Å². The van der Waals surface area contributed by atoms with Gasteiger partial charge in [-0.25, -0.2) is 0 Å². The summed E-state index contributed by atoms with van der Waals surface area (Å²) < 4.78 is 5.82. The molecule has 0 spiro atoms. The topological polar surface area (TPSA) is 9.23 Å². The lowest BCUT2D eigenvalue weighted by atomic mass is 9.87. The van der Waals surface area contributed by atoms with Crippen LogP contribution in [0.4, 0.5) is 0 Å². The Bertz CT molecular complexity index is 432. The summed E-state index contributed by atoms with van der Waals surface area (Å²) in [6.45, 7) is 11.8. The van der Waals surface area contributed by atoms with E-state index < -0.39 is 0 Å². The molecule has 0 fully saturated rings. The van der Waals surface area contributed by atoms with Gasteiger partial charge in [0.05, 0.1) is 6.61 Å². The number of ether oxygens (including phenoxy) is 1. The molecule has 0 saturated heterocycles. The summed E-state index contributed by atoms with van der Waals surface area (Å²) in [7, 11) is 0. The third kappa shape index (κ3) is 4.40. The SMILES string of the molecule is CC/C=C\CC(CC)c1ccc(OCCC)c(C)c1C. The maximum atomic E-state index is 5.82. The van der Waals surface area contributed by atoms with Crippen molar-refractivity contribution in [2.24, 2.45) is 0 Å². The second-order valence-corrected chi connectivity index (χ2v) is 5.47. The van der Waals surface area contributed by atoms with Crippen LogP contribution in [0, 0.1) is 13.8 Å². The highest BCUT2D eigenvalue weighted by Crippen LogP contribution is 2.32. The molecule has 1 aromatic rings. The minimum absolute atomic E-state index is 0.622. The highest BCUT2D eigenvalue weighted by atomic mass is 16.5. The standard InChI is InChI=1S/C19H30O/c1-6-9-10-11-17(8-3)18-12-13-19(20-14-7-2)16(5)15(18)4/h9-10,12-13,17H,6-8,11,14H2,1-5H3/b10-9-. The predicted molar refractivity (Wildman–Crippen MR) is 88.8 cm³/mol. The first-order valence-corrected chi connectivity index (χ1v) is 8.03. The largest absolute Gasteiger partial charge is 0.493 e. The molecule has 0 radical (unpaired) electrons. The minimum atomic E-state index is 0.622. The van der Waals surface area contributed by atoms with E-state index in [1.165, 1.54) is 23.1 Å². The van der Waals surface area contributed by atoms with Crippen LogP contribution in [-0.2, 0) is 0 Å². The van der Waals surface area contributed by atoms with Crippen molar-refractivity contribution in [1.29, 1.82) is 0 Å². The first-order chi connectivity index (χ1) is 9.65. The van der Waals surface area contributed by atoms with Gasteiger partial charge in [0.25, 0.3) is 0 Å². The molecule has 0 aliphatic carbocycles. The van der Waals surface area contributed by atoms with Gasteiger partial charge in [-0.2, -0.15) is 0 Å². The number of hydrogen-bond acceptors (Lipinski definition) is 1. The monoisotopic (exact) mass is 274 g/mol. The third-order valence-corrected chi connectivity index (χ3v) is 4.00. The molecule has 1 heteroatoms. The van der Waals surface area contributed by atoms with Gasteiger partial charge in [-0.15, -0.1) is 0 Å². The van der Waals surface area contributed by atoms with Crippen molar-refractivity contribution in [3.8, 4) is 5.75 Å². The van der Waals surface area contributed by atoms with Gasteiger partial charge in [0, 0.05) is 0 Å². The molecule has 20 heavy (non-hydrogen) atoms. The molecule has 1 nitrogen and oxygen atoms in total. The number of benzene rings is 1. The zero-order valence-corrected chi connectivity index (χ0v) is 13.8. The number of rotatable bonds is 8. The van der Waals surface area contributed by atoms with Gasteiger partial charge in [-0.05, 0) is 68.2 Å². The summed E-state index contributed by atoms with van der Waals surface area (Å²) in [6, 6.07) is 4.42. The fourth-order valence-electron chi connectivity index (χ4n) is 2.57. The Morgan fingerprint density at radius 3 is 2.40 bits per heavy atom. The summed E-state index contributed by atoms with van der Waals surface area (Å²) in [6.07, 6.45) is 9.09. The van der Waals surface area contributed by atoms with E-state index >= 15 is 0 Å². The predicted octanol–water partition coefficient (Wildman–Crippen LogP) is 5.94. The average Bonchev–Trinajstić information content (AvgIpc) is 2.46. The van der Waals surface area contributed by atoms with Gasteiger partial charge >= 0.3 is 0 Å². The van der Waals surface area contributed by atoms with Gasteiger partial charge in [-0.1, -0.05) is 39.0 Å². The Hall–Kier alpha value is -1.24. The first kappa shape index (κ1) is 16.8. The van der Waals surface area contributed by atoms with Crippen LogP contribution in [0.5, 0.6) is 5.75 Å². The minimum Gasteiger partial charge on any atom is -0.493 e. The molecule has 0 amide bonds. The smallest absolute Gasteiger partial charge is 0.122 e. The van der Waals surface area contributed by atoms with Gasteiger partial charge in [0.2, 0.25) is 0 Å². The van der Waals surface area contributed by atoms with Crippen LogP contribution in [-0.4, -0.2) is 6.61 Å². The quantitative estimate of drug-likeness (QED) is 0.533. The molecule has 112 valence electrons. The van der Waals surface area contributed by atoms with Gasteiger partial charge in [0.15, 0.2) is 0 Å². The van der Waals surface area contributed by atoms with Crippen molar-refractivity contribution in [3.63, 3.8) is 0 Å². The number of allylic oxidation sites excluding steroid dienone is 2. The Labute approximate surface area is 125 Å². The molecule has 0 aliphatic heterocycles. The summed E-state index contributed by atoms with van der Waals surface area (Å²) in [5, 5.41) is 0. The van der Waals surface area contributed by atoms with E-state index in [-0.39, 0.29) is 0 Å². The Balaban J connectivity index is 2.94. The molecular formula is C19H30O. The molecular weight excluding hydrogens is 244 g/mol. The Morgan fingerprint density at radius 2 is 1.80 bits per heavy atom. The van der Waals surface area contributed by atoms with Crippen LogP contribution >= 0.6 is 0 Å². The zero-order valence-electron chi connectivity index (χ0n) is 13.8. The van der Waals surface area contributed by atoms with E-state index in [0.717, 1.165) is 31.6 Å². The molecule has 0 bridgehead atoms. The van der Waals surface area contributed by atoms with E-state index in [4.69, 9.17) is 4.74 Å². The zero-order chi connectivity index (χ0) is 15.0. The Morgan fingerprint density at radius 1 is 1.05 bits per heavy atom. The van der Waals surface area contributed by atoms with Gasteiger partial charge in [-0.3, -0.25) is 0 Å². The second kappa shape index (κ2) is 8.84. The number of hydrogen-bond donors (Lipinski definition) is 0. The second-order valence-electron chi connectivity index (χ2n) is 5.47. The van der Waals surface area contributed by atoms with E-state index in [2.05, 4.69) is 58.9 Å². The lowest BCUT2D eigenvalue weighted by molar-refractivity contribution is 0.315. The molecule has 0 heterocycles. The van der Waals surface area contributed by atoms with Crippen molar-refractivity contribution >= 4 is 0 Å². The molecule has 0 N–H and O–H groups in total. The maximum Gasteiger partial charge on any atom is 0.122 e. The van der Waals surface area contributed by atoms with Crippen molar-refractivity contribution in [3.05, 3.63) is 41.0 Å². The summed E-state index contributed by atoms with van der Waals surface area (Å²) >= 11 is 0. The van der Waals surface area contributed by atoms with Crippen molar-refractivity contribution in [2.75, 3.05) is 6.61 Å². The summed E-state index contributed by atoms with van der Waals surface area (Å²) in [5.74, 6) is 1.67. The van der Waals surface area contributed by atoms with Crippen molar-refractivity contribution in [1.82, 2.24) is 0 Å². The molecule has 1 unspecified atom stereocenters. The summed E-state index contributed by atoms with van der Waals surface area (Å²) in [5.41, 5.74) is 4.18. The van der Waals surface area contributed by atoms with E-state index in [1.807, 2.05) is 0 Å². The summed E-state index contributed by atoms with van der Waals surface area (Å²) in [4.78, 5) is 0. The first-order valence-electron chi connectivity index (χ1n) is 8.03. The van der Waals surface area contributed by atoms with Crippen LogP contribution in [0.15, 0.2) is 24.3 Å². The van der Waals surface area contributed by atoms with Crippen molar-refractivity contribution < 1.29 is 4.74 Å². The third-order valence-electron chi connectivity index (χ3n) is 4.00. The maximum absolute atomic E-state index is 5.82. The van der Waals surface area contributed by atoms with E-state index in [9.17, 15) is 0 Å². The molecule has 1 aromatic carbocycles. The molecule has 1 rings (SSSR count). The lowest BCUT2D eigenvalue weighted by Crippen LogP contribution is -2.04. The fraction of sp³-hybridized carbons (Fsp3) is 0.579. The molecule has 0 aromatic heterocycles. The van der Waals surface area contributed by atoms with Crippen LogP contribution in [0.2, 0.25) is 0 Å². The average molecular weight is 274 g/mol. The van der Waals surface area contributed by atoms with Gasteiger partial charge in [0.1, 0.15) is 5.75 Å². The Kier molecular flexibility index (Phi) is 7.43. The van der Waals surface area contributed by atoms with E-state index in [1.54, 1.807) is 0 Å². The highest BCUT2D eigenvalue weighted by Gasteiger charge is 2.14. The lowest BCUT2D eigenvalue weighted by Gasteiger charge is -2.20. The highest BCUT2D eigenvalue weighted by molar-refractivity contribution is 5.45. The molecule has 1 atom stereocenters. The van der Waals surface area contributed by atoms with Crippen LogP contribution < -0.4 is 4.74 Å². The fourth-order valence-corrected chi connectivity index (χ4v) is 2.57. The van der Waals surface area contributed by atoms with Crippen LogP contribution in [0.3, 0.4) is 0 Å². The van der Waals surface area contributed by atoms with E-state index in [0.29, 0.717) is 5.92 Å².